The zero-order chi connectivity index (χ0) is 24.5. The molecule has 0 unspecified atom stereocenters. The first kappa shape index (κ1) is 23.2. The zero-order valence-corrected chi connectivity index (χ0v) is 18.6. The highest BCUT2D eigenvalue weighted by molar-refractivity contribution is 5.95. The molecule has 3 aromatic rings. The minimum Gasteiger partial charge on any atom is -0.352 e. The van der Waals surface area contributed by atoms with E-state index in [4.69, 9.17) is 0 Å². The van der Waals surface area contributed by atoms with Gasteiger partial charge < -0.3 is 9.80 Å². The Kier molecular flexibility index (Phi) is 6.24. The number of rotatable bonds is 4. The maximum atomic E-state index is 13.3. The van der Waals surface area contributed by atoms with Gasteiger partial charge in [0.1, 0.15) is 11.9 Å². The van der Waals surface area contributed by atoms with Crippen LogP contribution in [0, 0.1) is 11.3 Å². The Hall–Kier alpha value is -3.94. The van der Waals surface area contributed by atoms with E-state index in [0.717, 1.165) is 12.3 Å². The molecule has 0 bridgehead atoms. The first-order valence-corrected chi connectivity index (χ1v) is 10.7. The van der Waals surface area contributed by atoms with Gasteiger partial charge in [0.2, 0.25) is 0 Å². The van der Waals surface area contributed by atoms with Crippen LogP contribution in [-0.2, 0) is 6.18 Å². The van der Waals surface area contributed by atoms with Crippen LogP contribution in [0.25, 0.3) is 5.82 Å². The van der Waals surface area contributed by atoms with Gasteiger partial charge in [0.15, 0.2) is 5.82 Å². The molecule has 34 heavy (non-hydrogen) atoms. The van der Waals surface area contributed by atoms with E-state index in [1.165, 1.54) is 16.9 Å². The largest absolute Gasteiger partial charge is 0.417 e. The Balaban J connectivity index is 1.54. The van der Waals surface area contributed by atoms with Gasteiger partial charge in [-0.3, -0.25) is 4.79 Å². The first-order chi connectivity index (χ1) is 16.2. The molecular weight excluding hydrogens is 447 g/mol. The van der Waals surface area contributed by atoms with Gasteiger partial charge in [0.05, 0.1) is 28.6 Å². The van der Waals surface area contributed by atoms with Gasteiger partial charge in [-0.05, 0) is 30.2 Å². The summed E-state index contributed by atoms with van der Waals surface area (Å²) in [5, 5.41) is 13.6. The second kappa shape index (κ2) is 9.13. The topological polar surface area (TPSA) is 90.9 Å². The summed E-state index contributed by atoms with van der Waals surface area (Å²) in [5.74, 6) is 0.475. The van der Waals surface area contributed by atoms with Gasteiger partial charge >= 0.3 is 6.18 Å². The summed E-state index contributed by atoms with van der Waals surface area (Å²) in [7, 11) is 0. The van der Waals surface area contributed by atoms with Crippen molar-refractivity contribution >= 4 is 11.7 Å². The van der Waals surface area contributed by atoms with E-state index in [0.29, 0.717) is 48.8 Å². The van der Waals surface area contributed by atoms with Crippen molar-refractivity contribution < 1.29 is 18.0 Å². The number of carbonyl (C=O) groups excluding carboxylic acids is 1. The van der Waals surface area contributed by atoms with Crippen molar-refractivity contribution in [2.75, 3.05) is 31.1 Å². The fraction of sp³-hybridized carbons (Fsp3) is 0.348. The van der Waals surface area contributed by atoms with E-state index in [9.17, 15) is 23.2 Å². The number of piperazine rings is 1. The maximum Gasteiger partial charge on any atom is 0.417 e. The molecular formula is C23H22F3N7O. The Morgan fingerprint density at radius 3 is 2.41 bits per heavy atom. The highest BCUT2D eigenvalue weighted by atomic mass is 19.4. The average molecular weight is 469 g/mol. The number of alkyl halides is 3. The third-order valence-electron chi connectivity index (χ3n) is 5.65. The lowest BCUT2D eigenvalue weighted by Gasteiger charge is -2.35. The molecule has 1 amide bonds. The predicted octanol–water partition coefficient (Wildman–Crippen LogP) is 3.64. The molecule has 0 saturated carbocycles. The van der Waals surface area contributed by atoms with Crippen LogP contribution >= 0.6 is 0 Å². The van der Waals surface area contributed by atoms with E-state index in [-0.39, 0.29) is 17.6 Å². The van der Waals surface area contributed by atoms with Gasteiger partial charge in [0, 0.05) is 38.6 Å². The molecule has 176 valence electrons. The highest BCUT2D eigenvalue weighted by Crippen LogP contribution is 2.30. The molecule has 4 heterocycles. The molecule has 1 aliphatic rings. The molecule has 11 heteroatoms. The first-order valence-electron chi connectivity index (χ1n) is 10.7. The third-order valence-corrected chi connectivity index (χ3v) is 5.65. The Morgan fingerprint density at radius 2 is 1.82 bits per heavy atom. The second-order valence-electron chi connectivity index (χ2n) is 8.18. The number of carbonyl (C=O) groups is 1. The van der Waals surface area contributed by atoms with Gasteiger partial charge in [-0.25, -0.2) is 14.6 Å². The summed E-state index contributed by atoms with van der Waals surface area (Å²) >= 11 is 0. The molecule has 1 aliphatic heterocycles. The summed E-state index contributed by atoms with van der Waals surface area (Å²) in [6.45, 7) is 5.67. The average Bonchev–Trinajstić information content (AvgIpc) is 3.29. The molecule has 8 nitrogen and oxygen atoms in total. The van der Waals surface area contributed by atoms with Crippen LogP contribution < -0.4 is 4.90 Å². The van der Waals surface area contributed by atoms with Crippen molar-refractivity contribution in [3.63, 3.8) is 0 Å². The Labute approximate surface area is 194 Å². The van der Waals surface area contributed by atoms with Crippen LogP contribution in [-0.4, -0.2) is 56.7 Å². The van der Waals surface area contributed by atoms with Gasteiger partial charge in [-0.1, -0.05) is 13.8 Å². The van der Waals surface area contributed by atoms with Crippen LogP contribution in [0.5, 0.6) is 0 Å². The third kappa shape index (κ3) is 4.44. The number of anilines is 1. The van der Waals surface area contributed by atoms with E-state index in [1.54, 1.807) is 23.2 Å². The van der Waals surface area contributed by atoms with E-state index in [2.05, 4.69) is 21.1 Å². The summed E-state index contributed by atoms with van der Waals surface area (Å²) < 4.78 is 40.1. The maximum absolute atomic E-state index is 13.3. The van der Waals surface area contributed by atoms with Crippen LogP contribution in [0.15, 0.2) is 42.9 Å². The molecule has 0 atom stereocenters. The quantitative estimate of drug-likeness (QED) is 0.580. The molecule has 0 spiro atoms. The monoisotopic (exact) mass is 469 g/mol. The predicted molar refractivity (Wildman–Crippen MR) is 118 cm³/mol. The number of hydrogen-bond donors (Lipinski definition) is 0. The smallest absolute Gasteiger partial charge is 0.352 e. The standard InChI is InChI=1S/C23H22F3N7O/c1-15(2)20-18(14-30-33(20)19-6-5-17(13-29-19)23(24,25)26)22(34)32-10-8-31(9-11-32)21-16(12-27)4-3-7-28-21/h3-7,13-15H,8-11H2,1-2H3. The van der Waals surface area contributed by atoms with E-state index in [1.807, 2.05) is 18.7 Å². The van der Waals surface area contributed by atoms with Gasteiger partial charge in [-0.15, -0.1) is 0 Å². The Morgan fingerprint density at radius 1 is 1.09 bits per heavy atom. The highest BCUT2D eigenvalue weighted by Gasteiger charge is 2.32. The van der Waals surface area contributed by atoms with Crippen LogP contribution in [0.2, 0.25) is 0 Å². The zero-order valence-electron chi connectivity index (χ0n) is 18.6. The number of halogens is 3. The number of amides is 1. The molecule has 1 saturated heterocycles. The number of aromatic nitrogens is 4. The SMILES string of the molecule is CC(C)c1c(C(=O)N2CCN(c3ncccc3C#N)CC2)cnn1-c1ccc(C(F)(F)F)cn1. The fourth-order valence-corrected chi connectivity index (χ4v) is 3.97. The van der Waals surface area contributed by atoms with Gasteiger partial charge in [0.25, 0.3) is 5.91 Å². The van der Waals surface area contributed by atoms with Crippen LogP contribution in [0.1, 0.15) is 46.9 Å². The molecule has 0 aliphatic carbocycles. The number of nitriles is 1. The van der Waals surface area contributed by atoms with Crippen molar-refractivity contribution in [2.24, 2.45) is 0 Å². The lowest BCUT2D eigenvalue weighted by Crippen LogP contribution is -2.49. The molecule has 0 radical (unpaired) electrons. The van der Waals surface area contributed by atoms with Crippen LogP contribution in [0.4, 0.5) is 19.0 Å². The summed E-state index contributed by atoms with van der Waals surface area (Å²) in [6.07, 6.45) is -0.653. The molecule has 0 aromatic carbocycles. The normalized spacial score (nSPS) is 14.4. The second-order valence-corrected chi connectivity index (χ2v) is 8.18. The van der Waals surface area contributed by atoms with E-state index >= 15 is 0 Å². The summed E-state index contributed by atoms with van der Waals surface area (Å²) in [5.41, 5.74) is 0.600. The fourth-order valence-electron chi connectivity index (χ4n) is 3.97. The van der Waals surface area contributed by atoms with Crippen molar-refractivity contribution in [1.29, 1.82) is 5.26 Å². The van der Waals surface area contributed by atoms with Crippen molar-refractivity contribution in [2.45, 2.75) is 25.9 Å². The van der Waals surface area contributed by atoms with Crippen molar-refractivity contribution in [3.8, 4) is 11.9 Å². The van der Waals surface area contributed by atoms with Crippen LogP contribution in [0.3, 0.4) is 0 Å². The minimum atomic E-state index is -4.48. The lowest BCUT2D eigenvalue weighted by molar-refractivity contribution is -0.137. The molecule has 4 rings (SSSR count). The molecule has 1 fully saturated rings. The Bertz CT molecular complexity index is 1220. The number of hydrogen-bond acceptors (Lipinski definition) is 6. The molecule has 0 N–H and O–H groups in total. The summed E-state index contributed by atoms with van der Waals surface area (Å²) in [6, 6.07) is 7.74. The molecule has 3 aromatic heterocycles. The van der Waals surface area contributed by atoms with Gasteiger partial charge in [-0.2, -0.15) is 23.5 Å². The number of pyridine rings is 2. The minimum absolute atomic E-state index is 0.126. The lowest BCUT2D eigenvalue weighted by atomic mass is 10.0. The van der Waals surface area contributed by atoms with Crippen molar-refractivity contribution in [3.05, 3.63) is 65.2 Å². The van der Waals surface area contributed by atoms with Crippen molar-refractivity contribution in [1.82, 2.24) is 24.6 Å². The van der Waals surface area contributed by atoms with E-state index < -0.39 is 11.7 Å². The summed E-state index contributed by atoms with van der Waals surface area (Å²) in [4.78, 5) is 25.2. The number of nitrogens with zero attached hydrogens (tertiary/aromatic N) is 7.